The number of hydrogen-bond donors (Lipinski definition) is 2. The highest BCUT2D eigenvalue weighted by Crippen LogP contribution is 2.22. The number of rotatable bonds is 4. The number of hydrogen-bond acceptors (Lipinski definition) is 3. The van der Waals surface area contributed by atoms with E-state index in [1.165, 1.54) is 0 Å². The van der Waals surface area contributed by atoms with Crippen LogP contribution in [0.4, 0.5) is 0 Å². The molecule has 2 N–H and O–H groups in total. The van der Waals surface area contributed by atoms with E-state index in [2.05, 4.69) is 9.97 Å². The summed E-state index contributed by atoms with van der Waals surface area (Å²) in [6.45, 7) is 3.71. The Hall–Kier alpha value is -2.82. The Bertz CT molecular complexity index is 844. The van der Waals surface area contributed by atoms with Gasteiger partial charge in [-0.1, -0.05) is 0 Å². The molecule has 1 aromatic carbocycles. The van der Waals surface area contributed by atoms with Crippen LogP contribution in [-0.4, -0.2) is 28.3 Å². The van der Waals surface area contributed by atoms with E-state index in [-0.39, 0.29) is 12.4 Å². The molecular formula is C17H16N2O3. The van der Waals surface area contributed by atoms with Gasteiger partial charge >= 0.3 is 5.97 Å². The first kappa shape index (κ1) is 14.1. The molecule has 0 saturated heterocycles. The summed E-state index contributed by atoms with van der Waals surface area (Å²) in [5, 5.41) is 0.989. The van der Waals surface area contributed by atoms with Crippen LogP contribution in [0.3, 0.4) is 0 Å². The normalized spacial score (nSPS) is 10.8. The summed E-state index contributed by atoms with van der Waals surface area (Å²) in [7, 11) is 0. The first-order valence-electron chi connectivity index (χ1n) is 6.99. The second-order valence-electron chi connectivity index (χ2n) is 5.22. The number of aryl methyl sites for hydroxylation is 2. The van der Waals surface area contributed by atoms with Gasteiger partial charge in [0.15, 0.2) is 6.61 Å². The van der Waals surface area contributed by atoms with E-state index in [0.717, 1.165) is 22.2 Å². The minimum atomic E-state index is -0.500. The fourth-order valence-corrected chi connectivity index (χ4v) is 2.38. The van der Waals surface area contributed by atoms with Crippen molar-refractivity contribution in [3.8, 4) is 0 Å². The number of ether oxygens (including phenoxy) is 1. The molecule has 0 saturated carbocycles. The van der Waals surface area contributed by atoms with Crippen LogP contribution in [0.2, 0.25) is 0 Å². The Kier molecular flexibility index (Phi) is 3.55. The number of Topliss-reactive ketones (excluding diaryl/α,β-unsaturated/α-hetero) is 1. The molecule has 2 heterocycles. The standard InChI is InChI=1S/C17H16N2O3/c1-10-11(2)19-14-6-5-12(8-13(10)14)17(21)22-9-16(20)15-4-3-7-18-15/h3-8,18-19H,9H2,1-2H3. The molecule has 0 aliphatic carbocycles. The number of nitrogens with one attached hydrogen (secondary N) is 2. The highest BCUT2D eigenvalue weighted by atomic mass is 16.5. The minimum Gasteiger partial charge on any atom is -0.454 e. The molecule has 0 unspecified atom stereocenters. The van der Waals surface area contributed by atoms with Gasteiger partial charge in [-0.15, -0.1) is 0 Å². The van der Waals surface area contributed by atoms with Crippen LogP contribution < -0.4 is 0 Å². The second-order valence-corrected chi connectivity index (χ2v) is 5.22. The van der Waals surface area contributed by atoms with Crippen molar-refractivity contribution >= 4 is 22.7 Å². The Morgan fingerprint density at radius 3 is 2.73 bits per heavy atom. The maximum Gasteiger partial charge on any atom is 0.338 e. The molecule has 112 valence electrons. The molecule has 5 nitrogen and oxygen atoms in total. The van der Waals surface area contributed by atoms with Gasteiger partial charge < -0.3 is 14.7 Å². The summed E-state index contributed by atoms with van der Waals surface area (Å²) in [6, 6.07) is 8.70. The van der Waals surface area contributed by atoms with Crippen molar-refractivity contribution in [2.45, 2.75) is 13.8 Å². The minimum absolute atomic E-state index is 0.256. The molecular weight excluding hydrogens is 280 g/mol. The zero-order valence-electron chi connectivity index (χ0n) is 12.4. The molecule has 0 fully saturated rings. The monoisotopic (exact) mass is 296 g/mol. The molecule has 3 aromatic rings. The summed E-state index contributed by atoms with van der Waals surface area (Å²) in [5.41, 5.74) is 4.03. The number of fused-ring (bicyclic) bond motifs is 1. The summed E-state index contributed by atoms with van der Waals surface area (Å²) < 4.78 is 5.09. The maximum absolute atomic E-state index is 12.1. The van der Waals surface area contributed by atoms with Crippen LogP contribution >= 0.6 is 0 Å². The predicted octanol–water partition coefficient (Wildman–Crippen LogP) is 3.15. The third-order valence-corrected chi connectivity index (χ3v) is 3.78. The van der Waals surface area contributed by atoms with Gasteiger partial charge in [0.25, 0.3) is 0 Å². The van der Waals surface area contributed by atoms with E-state index in [1.54, 1.807) is 30.5 Å². The van der Waals surface area contributed by atoms with Crippen molar-refractivity contribution in [3.05, 3.63) is 59.0 Å². The van der Waals surface area contributed by atoms with Gasteiger partial charge in [-0.25, -0.2) is 4.79 Å². The lowest BCUT2D eigenvalue weighted by Crippen LogP contribution is -2.14. The van der Waals surface area contributed by atoms with Crippen molar-refractivity contribution in [1.29, 1.82) is 0 Å². The lowest BCUT2D eigenvalue weighted by atomic mass is 10.1. The number of aromatic nitrogens is 2. The Morgan fingerprint density at radius 2 is 2.00 bits per heavy atom. The molecule has 22 heavy (non-hydrogen) atoms. The molecule has 0 atom stereocenters. The molecule has 0 bridgehead atoms. The van der Waals surface area contributed by atoms with Gasteiger partial charge in [-0.05, 0) is 49.7 Å². The predicted molar refractivity (Wildman–Crippen MR) is 83.2 cm³/mol. The van der Waals surface area contributed by atoms with Crippen LogP contribution in [0, 0.1) is 13.8 Å². The first-order chi connectivity index (χ1) is 10.6. The van der Waals surface area contributed by atoms with E-state index < -0.39 is 5.97 Å². The highest BCUT2D eigenvalue weighted by Gasteiger charge is 2.14. The van der Waals surface area contributed by atoms with Crippen molar-refractivity contribution in [2.24, 2.45) is 0 Å². The van der Waals surface area contributed by atoms with Crippen LogP contribution in [0.1, 0.15) is 32.1 Å². The van der Waals surface area contributed by atoms with Crippen LogP contribution in [0.15, 0.2) is 36.5 Å². The van der Waals surface area contributed by atoms with Gasteiger partial charge in [0.1, 0.15) is 0 Å². The fourth-order valence-electron chi connectivity index (χ4n) is 2.38. The van der Waals surface area contributed by atoms with Gasteiger partial charge in [0.2, 0.25) is 5.78 Å². The fraction of sp³-hybridized carbons (Fsp3) is 0.176. The largest absolute Gasteiger partial charge is 0.454 e. The van der Waals surface area contributed by atoms with Crippen LogP contribution in [-0.2, 0) is 4.74 Å². The van der Waals surface area contributed by atoms with E-state index >= 15 is 0 Å². The van der Waals surface area contributed by atoms with Crippen molar-refractivity contribution < 1.29 is 14.3 Å². The van der Waals surface area contributed by atoms with E-state index in [9.17, 15) is 9.59 Å². The van der Waals surface area contributed by atoms with Gasteiger partial charge in [-0.2, -0.15) is 0 Å². The summed E-state index contributed by atoms with van der Waals surface area (Å²) in [5.74, 6) is -0.756. The SMILES string of the molecule is Cc1[nH]c2ccc(C(=O)OCC(=O)c3ccc[nH]3)cc2c1C. The van der Waals surface area contributed by atoms with Crippen molar-refractivity contribution in [3.63, 3.8) is 0 Å². The number of ketones is 1. The third kappa shape index (κ3) is 2.53. The van der Waals surface area contributed by atoms with Gasteiger partial charge in [0, 0.05) is 22.8 Å². The van der Waals surface area contributed by atoms with Crippen LogP contribution in [0.5, 0.6) is 0 Å². The average molecular weight is 296 g/mol. The van der Waals surface area contributed by atoms with Gasteiger partial charge in [0.05, 0.1) is 11.3 Å². The molecule has 0 radical (unpaired) electrons. The zero-order valence-corrected chi connectivity index (χ0v) is 12.4. The number of esters is 1. The lowest BCUT2D eigenvalue weighted by Gasteiger charge is -2.04. The molecule has 5 heteroatoms. The zero-order chi connectivity index (χ0) is 15.7. The quantitative estimate of drug-likeness (QED) is 0.573. The Morgan fingerprint density at radius 1 is 1.18 bits per heavy atom. The van der Waals surface area contributed by atoms with E-state index in [0.29, 0.717) is 11.3 Å². The number of carbonyl (C=O) groups is 2. The van der Waals surface area contributed by atoms with E-state index in [4.69, 9.17) is 4.74 Å². The summed E-state index contributed by atoms with van der Waals surface area (Å²) in [4.78, 5) is 29.9. The second kappa shape index (κ2) is 5.52. The topological polar surface area (TPSA) is 75.0 Å². The summed E-state index contributed by atoms with van der Waals surface area (Å²) in [6.07, 6.45) is 1.65. The van der Waals surface area contributed by atoms with E-state index in [1.807, 2.05) is 19.9 Å². The Labute approximate surface area is 127 Å². The molecule has 0 aliphatic rings. The number of H-pyrrole nitrogens is 2. The highest BCUT2D eigenvalue weighted by molar-refractivity contribution is 5.99. The summed E-state index contributed by atoms with van der Waals surface area (Å²) >= 11 is 0. The first-order valence-corrected chi connectivity index (χ1v) is 6.99. The molecule has 3 rings (SSSR count). The van der Waals surface area contributed by atoms with Crippen LogP contribution in [0.25, 0.3) is 10.9 Å². The average Bonchev–Trinajstić information content (AvgIpc) is 3.14. The molecule has 0 aliphatic heterocycles. The smallest absolute Gasteiger partial charge is 0.338 e. The molecule has 2 aromatic heterocycles. The van der Waals surface area contributed by atoms with Crippen molar-refractivity contribution in [1.82, 2.24) is 9.97 Å². The molecule has 0 amide bonds. The van der Waals surface area contributed by atoms with Gasteiger partial charge in [-0.3, -0.25) is 4.79 Å². The number of benzene rings is 1. The number of aromatic amines is 2. The Balaban J connectivity index is 1.75. The molecule has 0 spiro atoms. The van der Waals surface area contributed by atoms with Crippen molar-refractivity contribution in [2.75, 3.05) is 6.61 Å². The lowest BCUT2D eigenvalue weighted by molar-refractivity contribution is 0.0474. The number of carbonyl (C=O) groups excluding carboxylic acids is 2. The maximum atomic E-state index is 12.1. The third-order valence-electron chi connectivity index (χ3n) is 3.78.